The smallest absolute Gasteiger partial charge is 0.359 e. The number of esters is 1. The van der Waals surface area contributed by atoms with Gasteiger partial charge in [-0.2, -0.15) is 5.10 Å². The first-order valence-corrected chi connectivity index (χ1v) is 7.05. The molecule has 0 aliphatic heterocycles. The summed E-state index contributed by atoms with van der Waals surface area (Å²) >= 11 is 6.17. The maximum Gasteiger partial charge on any atom is 0.359 e. The van der Waals surface area contributed by atoms with Crippen LogP contribution in [-0.4, -0.2) is 28.6 Å². The number of benzene rings is 1. The van der Waals surface area contributed by atoms with Crippen LogP contribution in [0, 0.1) is 5.82 Å². The van der Waals surface area contributed by atoms with Gasteiger partial charge in [0.25, 0.3) is 0 Å². The van der Waals surface area contributed by atoms with Crippen LogP contribution in [0.1, 0.15) is 28.5 Å². The number of aldehydes is 1. The van der Waals surface area contributed by atoms with Crippen LogP contribution in [-0.2, 0) is 22.5 Å². The second-order valence-electron chi connectivity index (χ2n) is 4.46. The first kappa shape index (κ1) is 16.2. The van der Waals surface area contributed by atoms with Crippen LogP contribution in [0.25, 0.3) is 0 Å². The molecule has 2 rings (SSSR count). The van der Waals surface area contributed by atoms with E-state index >= 15 is 0 Å². The molecule has 0 radical (unpaired) electrons. The molecule has 1 heterocycles. The lowest BCUT2D eigenvalue weighted by Gasteiger charge is -2.04. The van der Waals surface area contributed by atoms with Crippen molar-refractivity contribution in [1.29, 1.82) is 0 Å². The summed E-state index contributed by atoms with van der Waals surface area (Å²) in [6, 6.07) is 6.18. The van der Waals surface area contributed by atoms with Gasteiger partial charge in [0.15, 0.2) is 5.69 Å². The third kappa shape index (κ3) is 3.33. The Kier molecular flexibility index (Phi) is 5.27. The van der Waals surface area contributed by atoms with Crippen molar-refractivity contribution >= 4 is 23.9 Å². The van der Waals surface area contributed by atoms with Crippen molar-refractivity contribution in [2.45, 2.75) is 19.9 Å². The van der Waals surface area contributed by atoms with Crippen molar-refractivity contribution in [3.63, 3.8) is 0 Å². The van der Waals surface area contributed by atoms with Crippen LogP contribution < -0.4 is 0 Å². The van der Waals surface area contributed by atoms with Gasteiger partial charge in [0, 0.05) is 17.5 Å². The predicted molar refractivity (Wildman–Crippen MR) is 78.5 cm³/mol. The topological polar surface area (TPSA) is 61.2 Å². The summed E-state index contributed by atoms with van der Waals surface area (Å²) in [4.78, 5) is 22.7. The Hall–Kier alpha value is -2.21. The highest BCUT2D eigenvalue weighted by Crippen LogP contribution is 2.23. The molecule has 1 aromatic heterocycles. The molecule has 0 fully saturated rings. The molecule has 2 aromatic rings. The van der Waals surface area contributed by atoms with Crippen molar-refractivity contribution in [1.82, 2.24) is 9.78 Å². The molecule has 0 amide bonds. The fourth-order valence-electron chi connectivity index (χ4n) is 2.00. The van der Waals surface area contributed by atoms with Crippen molar-refractivity contribution in [3.05, 3.63) is 52.1 Å². The molecule has 0 saturated heterocycles. The number of aromatic nitrogens is 2. The van der Waals surface area contributed by atoms with E-state index in [0.717, 1.165) is 0 Å². The molecule has 7 heteroatoms. The van der Waals surface area contributed by atoms with Crippen molar-refractivity contribution < 1.29 is 18.7 Å². The summed E-state index contributed by atoms with van der Waals surface area (Å²) in [6.07, 6.45) is 0.559. The van der Waals surface area contributed by atoms with E-state index in [4.69, 9.17) is 16.3 Å². The zero-order chi connectivity index (χ0) is 16.1. The van der Waals surface area contributed by atoms with E-state index in [0.29, 0.717) is 11.8 Å². The Morgan fingerprint density at radius 2 is 2.18 bits per heavy atom. The van der Waals surface area contributed by atoms with Crippen LogP contribution in [0.2, 0.25) is 5.15 Å². The zero-order valence-corrected chi connectivity index (χ0v) is 12.6. The standard InChI is InChI=1S/C15H14ClFN2O3/c1-2-22-15(21)13-11(7-8-20)14(16)19(18-13)9-10-5-3-4-6-12(10)17/h3-6,8H,2,7,9H2,1H3. The van der Waals surface area contributed by atoms with E-state index in [2.05, 4.69) is 5.10 Å². The van der Waals surface area contributed by atoms with Gasteiger partial charge < -0.3 is 9.53 Å². The van der Waals surface area contributed by atoms with Crippen LogP contribution in [0.15, 0.2) is 24.3 Å². The summed E-state index contributed by atoms with van der Waals surface area (Å²) in [6.45, 7) is 1.89. The quantitative estimate of drug-likeness (QED) is 0.605. The molecule has 22 heavy (non-hydrogen) atoms. The van der Waals surface area contributed by atoms with Gasteiger partial charge in [-0.05, 0) is 13.0 Å². The molecule has 1 aromatic carbocycles. The third-order valence-electron chi connectivity index (χ3n) is 3.02. The lowest BCUT2D eigenvalue weighted by Crippen LogP contribution is -2.09. The number of carbonyl (C=O) groups excluding carboxylic acids is 2. The monoisotopic (exact) mass is 324 g/mol. The fourth-order valence-corrected chi connectivity index (χ4v) is 2.26. The number of carbonyl (C=O) groups is 2. The van der Waals surface area contributed by atoms with Gasteiger partial charge in [0.1, 0.15) is 17.3 Å². The molecule has 0 saturated carbocycles. The summed E-state index contributed by atoms with van der Waals surface area (Å²) in [7, 11) is 0. The van der Waals surface area contributed by atoms with Crippen molar-refractivity contribution in [2.24, 2.45) is 0 Å². The maximum absolute atomic E-state index is 13.7. The van der Waals surface area contributed by atoms with Crippen LogP contribution in [0.3, 0.4) is 0 Å². The van der Waals surface area contributed by atoms with Gasteiger partial charge >= 0.3 is 5.97 Å². The first-order valence-electron chi connectivity index (χ1n) is 6.67. The molecular formula is C15H14ClFN2O3. The molecule has 0 aliphatic rings. The van der Waals surface area contributed by atoms with E-state index in [1.165, 1.54) is 10.7 Å². The summed E-state index contributed by atoms with van der Waals surface area (Å²) in [5.41, 5.74) is 0.640. The average Bonchev–Trinajstić information content (AvgIpc) is 2.80. The molecule has 5 nitrogen and oxygen atoms in total. The normalized spacial score (nSPS) is 10.5. The summed E-state index contributed by atoms with van der Waals surface area (Å²) < 4.78 is 19.9. The van der Waals surface area contributed by atoms with Crippen molar-refractivity contribution in [3.8, 4) is 0 Å². The van der Waals surface area contributed by atoms with E-state index in [1.54, 1.807) is 25.1 Å². The minimum atomic E-state index is -0.659. The molecule has 0 unspecified atom stereocenters. The molecule has 0 N–H and O–H groups in total. The fraction of sp³-hybridized carbons (Fsp3) is 0.267. The number of hydrogen-bond acceptors (Lipinski definition) is 4. The van der Waals surface area contributed by atoms with Gasteiger partial charge in [0.05, 0.1) is 13.2 Å². The van der Waals surface area contributed by atoms with Gasteiger partial charge in [0.2, 0.25) is 0 Å². The Morgan fingerprint density at radius 1 is 1.45 bits per heavy atom. The highest BCUT2D eigenvalue weighted by molar-refractivity contribution is 6.31. The maximum atomic E-state index is 13.7. The minimum absolute atomic E-state index is 0.0183. The van der Waals surface area contributed by atoms with Gasteiger partial charge in [-0.1, -0.05) is 29.8 Å². The molecule has 0 aliphatic carbocycles. The lowest BCUT2D eigenvalue weighted by molar-refractivity contribution is -0.107. The zero-order valence-electron chi connectivity index (χ0n) is 11.9. The predicted octanol–water partition coefficient (Wildman–Crippen LogP) is 2.64. The number of ether oxygens (including phenoxy) is 1. The largest absolute Gasteiger partial charge is 0.461 e. The third-order valence-corrected chi connectivity index (χ3v) is 3.44. The number of hydrogen-bond donors (Lipinski definition) is 0. The second kappa shape index (κ2) is 7.17. The molecule has 0 spiro atoms. The Morgan fingerprint density at radius 3 is 2.82 bits per heavy atom. The van der Waals surface area contributed by atoms with E-state index in [-0.39, 0.29) is 36.0 Å². The number of halogens is 2. The number of nitrogens with zero attached hydrogens (tertiary/aromatic N) is 2. The molecule has 116 valence electrons. The van der Waals surface area contributed by atoms with Crippen molar-refractivity contribution in [2.75, 3.05) is 6.61 Å². The van der Waals surface area contributed by atoms with Gasteiger partial charge in [-0.15, -0.1) is 0 Å². The van der Waals surface area contributed by atoms with E-state index in [9.17, 15) is 14.0 Å². The average molecular weight is 325 g/mol. The lowest BCUT2D eigenvalue weighted by atomic mass is 10.2. The summed E-state index contributed by atoms with van der Waals surface area (Å²) in [5.74, 6) is -1.06. The Bertz CT molecular complexity index is 700. The second-order valence-corrected chi connectivity index (χ2v) is 4.82. The van der Waals surface area contributed by atoms with E-state index in [1.807, 2.05) is 0 Å². The van der Waals surface area contributed by atoms with Gasteiger partial charge in [-0.3, -0.25) is 0 Å². The summed E-state index contributed by atoms with van der Waals surface area (Å²) in [5, 5.41) is 4.19. The Labute approximate surface area is 131 Å². The van der Waals surface area contributed by atoms with E-state index < -0.39 is 11.8 Å². The van der Waals surface area contributed by atoms with Gasteiger partial charge in [-0.25, -0.2) is 13.9 Å². The molecular weight excluding hydrogens is 311 g/mol. The Balaban J connectivity index is 2.40. The van der Waals surface area contributed by atoms with Crippen LogP contribution in [0.5, 0.6) is 0 Å². The van der Waals surface area contributed by atoms with Crippen LogP contribution in [0.4, 0.5) is 4.39 Å². The van der Waals surface area contributed by atoms with Crippen LogP contribution >= 0.6 is 11.6 Å². The number of rotatable bonds is 6. The SMILES string of the molecule is CCOC(=O)c1nn(Cc2ccccc2F)c(Cl)c1CC=O. The first-order chi connectivity index (χ1) is 10.6. The molecule has 0 atom stereocenters. The molecule has 0 bridgehead atoms. The highest BCUT2D eigenvalue weighted by atomic mass is 35.5. The minimum Gasteiger partial charge on any atom is -0.461 e. The highest BCUT2D eigenvalue weighted by Gasteiger charge is 2.23.